The summed E-state index contributed by atoms with van der Waals surface area (Å²) in [7, 11) is 0. The molecule has 3 rings (SSSR count). The van der Waals surface area contributed by atoms with Crippen molar-refractivity contribution in [1.82, 2.24) is 0 Å². The molecular formula is C23H17BrO5. The summed E-state index contributed by atoms with van der Waals surface area (Å²) in [5.41, 5.74) is 1.26. The number of hydrogen-bond donors (Lipinski definition) is 2. The summed E-state index contributed by atoms with van der Waals surface area (Å²) < 4.78 is 6.24. The average molecular weight is 453 g/mol. The minimum atomic E-state index is -1.32. The number of aromatic carboxylic acids is 1. The zero-order chi connectivity index (χ0) is 20.8. The predicted octanol–water partition coefficient (Wildman–Crippen LogP) is 5.33. The molecule has 0 saturated carbocycles. The topological polar surface area (TPSA) is 83.8 Å². The molecule has 3 aromatic rings. The van der Waals surface area contributed by atoms with Crippen LogP contribution in [0.2, 0.25) is 0 Å². The lowest BCUT2D eigenvalue weighted by Gasteiger charge is -2.09. The van der Waals surface area contributed by atoms with Gasteiger partial charge in [0.15, 0.2) is 5.78 Å². The van der Waals surface area contributed by atoms with E-state index in [1.807, 2.05) is 42.5 Å². The summed E-state index contributed by atoms with van der Waals surface area (Å²) in [6.07, 6.45) is 2.85. The van der Waals surface area contributed by atoms with E-state index in [2.05, 4.69) is 15.9 Å². The van der Waals surface area contributed by atoms with E-state index in [9.17, 15) is 14.7 Å². The molecule has 29 heavy (non-hydrogen) atoms. The molecule has 0 fully saturated rings. The Morgan fingerprint density at radius 3 is 2.34 bits per heavy atom. The summed E-state index contributed by atoms with van der Waals surface area (Å²) in [5.74, 6) is -1.81. The Morgan fingerprint density at radius 1 is 0.966 bits per heavy atom. The summed E-state index contributed by atoms with van der Waals surface area (Å²) >= 11 is 3.16. The van der Waals surface area contributed by atoms with E-state index < -0.39 is 17.5 Å². The van der Waals surface area contributed by atoms with Crippen LogP contribution in [0.15, 0.2) is 77.3 Å². The molecule has 5 nitrogen and oxygen atoms in total. The maximum atomic E-state index is 12.6. The molecule has 0 amide bonds. The zero-order valence-electron chi connectivity index (χ0n) is 15.2. The largest absolute Gasteiger partial charge is 0.506 e. The second-order valence-electron chi connectivity index (χ2n) is 6.16. The van der Waals surface area contributed by atoms with Crippen LogP contribution in [-0.2, 0) is 6.61 Å². The van der Waals surface area contributed by atoms with E-state index in [0.29, 0.717) is 22.4 Å². The van der Waals surface area contributed by atoms with Gasteiger partial charge in [0.25, 0.3) is 0 Å². The number of para-hydroxylation sites is 1. The Hall–Kier alpha value is -3.38. The quantitative estimate of drug-likeness (QED) is 0.373. The fourth-order valence-electron chi connectivity index (χ4n) is 2.69. The summed E-state index contributed by atoms with van der Waals surface area (Å²) in [4.78, 5) is 23.8. The van der Waals surface area contributed by atoms with Crippen LogP contribution in [0.4, 0.5) is 0 Å². The Kier molecular flexibility index (Phi) is 6.46. The number of aromatic hydroxyl groups is 1. The number of carboxylic acid groups (broad SMARTS) is 1. The SMILES string of the molecule is O=C(O)c1cc(Br)cc(C(=O)/C=C/c2ccccc2OCc2ccccc2)c1O. The number of ether oxygens (including phenoxy) is 1. The molecule has 0 aliphatic rings. The molecule has 3 aromatic carbocycles. The van der Waals surface area contributed by atoms with Crippen molar-refractivity contribution < 1.29 is 24.5 Å². The van der Waals surface area contributed by atoms with Crippen LogP contribution in [0.1, 0.15) is 31.8 Å². The van der Waals surface area contributed by atoms with Crippen LogP contribution in [0.3, 0.4) is 0 Å². The van der Waals surface area contributed by atoms with E-state index in [4.69, 9.17) is 9.84 Å². The fraction of sp³-hybridized carbons (Fsp3) is 0.0435. The molecule has 0 aromatic heterocycles. The van der Waals surface area contributed by atoms with E-state index in [1.165, 1.54) is 18.2 Å². The Bertz CT molecular complexity index is 1070. The van der Waals surface area contributed by atoms with E-state index in [-0.39, 0.29) is 11.1 Å². The first kappa shape index (κ1) is 20.4. The number of ketones is 1. The van der Waals surface area contributed by atoms with Gasteiger partial charge in [-0.25, -0.2) is 4.79 Å². The second-order valence-corrected chi connectivity index (χ2v) is 7.08. The zero-order valence-corrected chi connectivity index (χ0v) is 16.8. The van der Waals surface area contributed by atoms with Gasteiger partial charge in [-0.1, -0.05) is 64.5 Å². The van der Waals surface area contributed by atoms with Crippen LogP contribution in [0.25, 0.3) is 6.08 Å². The molecule has 0 aliphatic carbocycles. The van der Waals surface area contributed by atoms with Gasteiger partial charge in [-0.15, -0.1) is 0 Å². The van der Waals surface area contributed by atoms with Crippen LogP contribution >= 0.6 is 15.9 Å². The first-order chi connectivity index (χ1) is 14.0. The average Bonchev–Trinajstić information content (AvgIpc) is 2.73. The molecular weight excluding hydrogens is 436 g/mol. The smallest absolute Gasteiger partial charge is 0.339 e. The molecule has 0 spiro atoms. The third-order valence-electron chi connectivity index (χ3n) is 4.14. The number of halogens is 1. The highest BCUT2D eigenvalue weighted by Gasteiger charge is 2.18. The molecule has 0 radical (unpaired) electrons. The first-order valence-electron chi connectivity index (χ1n) is 8.69. The number of allylic oxidation sites excluding steroid dienone is 1. The lowest BCUT2D eigenvalue weighted by Crippen LogP contribution is -2.03. The summed E-state index contributed by atoms with van der Waals surface area (Å²) in [5, 5.41) is 19.3. The number of phenols is 1. The molecule has 146 valence electrons. The van der Waals surface area contributed by atoms with E-state index in [1.54, 1.807) is 18.2 Å². The Balaban J connectivity index is 1.82. The van der Waals surface area contributed by atoms with Crippen molar-refractivity contribution in [2.45, 2.75) is 6.61 Å². The number of hydrogen-bond acceptors (Lipinski definition) is 4. The van der Waals surface area contributed by atoms with Crippen molar-refractivity contribution in [2.75, 3.05) is 0 Å². The molecule has 0 aliphatic heterocycles. The van der Waals surface area contributed by atoms with Gasteiger partial charge in [-0.05, 0) is 35.9 Å². The molecule has 0 atom stereocenters. The number of carbonyl (C=O) groups is 2. The summed E-state index contributed by atoms with van der Waals surface area (Å²) in [6, 6.07) is 19.6. The van der Waals surface area contributed by atoms with Crippen LogP contribution in [0.5, 0.6) is 11.5 Å². The molecule has 6 heteroatoms. The van der Waals surface area contributed by atoms with Crippen molar-refractivity contribution in [2.24, 2.45) is 0 Å². The van der Waals surface area contributed by atoms with Crippen LogP contribution < -0.4 is 4.74 Å². The van der Waals surface area contributed by atoms with Gasteiger partial charge >= 0.3 is 5.97 Å². The van der Waals surface area contributed by atoms with E-state index in [0.717, 1.165) is 5.56 Å². The standard InChI is InChI=1S/C23H17BrO5/c24-17-12-18(22(26)19(13-17)23(27)28)20(25)11-10-16-8-4-5-9-21(16)29-14-15-6-2-1-3-7-15/h1-13,26H,14H2,(H,27,28)/b11-10+. The monoisotopic (exact) mass is 452 g/mol. The van der Waals surface area contributed by atoms with Crippen LogP contribution in [0, 0.1) is 0 Å². The maximum Gasteiger partial charge on any atom is 0.339 e. The van der Waals surface area contributed by atoms with Gasteiger partial charge in [0.2, 0.25) is 0 Å². The molecule has 0 heterocycles. The van der Waals surface area contributed by atoms with Gasteiger partial charge < -0.3 is 14.9 Å². The van der Waals surface area contributed by atoms with Gasteiger partial charge in [-0.2, -0.15) is 0 Å². The lowest BCUT2D eigenvalue weighted by atomic mass is 10.0. The van der Waals surface area contributed by atoms with Gasteiger partial charge in [0, 0.05) is 10.0 Å². The third-order valence-corrected chi connectivity index (χ3v) is 4.60. The number of carbonyl (C=O) groups excluding carboxylic acids is 1. The second kappa shape index (κ2) is 9.21. The van der Waals surface area contributed by atoms with Crippen molar-refractivity contribution in [3.05, 3.63) is 99.5 Å². The van der Waals surface area contributed by atoms with Crippen LogP contribution in [-0.4, -0.2) is 22.0 Å². The highest BCUT2D eigenvalue weighted by atomic mass is 79.9. The van der Waals surface area contributed by atoms with E-state index >= 15 is 0 Å². The Morgan fingerprint density at radius 2 is 1.62 bits per heavy atom. The number of benzene rings is 3. The van der Waals surface area contributed by atoms with Gasteiger partial charge in [-0.3, -0.25) is 4.79 Å². The molecule has 0 bridgehead atoms. The number of rotatable bonds is 7. The minimum Gasteiger partial charge on any atom is -0.506 e. The van der Waals surface area contributed by atoms with Gasteiger partial charge in [0.1, 0.15) is 23.7 Å². The summed E-state index contributed by atoms with van der Waals surface area (Å²) in [6.45, 7) is 0.383. The lowest BCUT2D eigenvalue weighted by molar-refractivity contribution is 0.0693. The van der Waals surface area contributed by atoms with Gasteiger partial charge in [0.05, 0.1) is 5.56 Å². The fourth-order valence-corrected chi connectivity index (χ4v) is 3.15. The molecule has 0 saturated heterocycles. The predicted molar refractivity (Wildman–Crippen MR) is 113 cm³/mol. The Labute approximate surface area is 176 Å². The maximum absolute atomic E-state index is 12.6. The first-order valence-corrected chi connectivity index (χ1v) is 9.49. The van der Waals surface area contributed by atoms with Crippen molar-refractivity contribution in [3.63, 3.8) is 0 Å². The van der Waals surface area contributed by atoms with Crippen molar-refractivity contribution in [3.8, 4) is 11.5 Å². The highest BCUT2D eigenvalue weighted by Crippen LogP contribution is 2.29. The number of carboxylic acids is 1. The van der Waals surface area contributed by atoms with Crippen molar-refractivity contribution >= 4 is 33.8 Å². The highest BCUT2D eigenvalue weighted by molar-refractivity contribution is 9.10. The van der Waals surface area contributed by atoms with Crippen molar-refractivity contribution in [1.29, 1.82) is 0 Å². The minimum absolute atomic E-state index is 0.101. The normalized spacial score (nSPS) is 10.8. The molecule has 0 unspecified atom stereocenters. The third kappa shape index (κ3) is 5.12. The molecule has 2 N–H and O–H groups in total.